The maximum absolute atomic E-state index is 12.9. The molecule has 1 aromatic rings. The Bertz CT molecular complexity index is 527. The summed E-state index contributed by atoms with van der Waals surface area (Å²) in [5.74, 6) is -0.194. The van der Waals surface area contributed by atoms with E-state index in [1.807, 2.05) is 31.6 Å². The Labute approximate surface area is 125 Å². The molecule has 1 aliphatic rings. The first kappa shape index (κ1) is 15.4. The Kier molecular flexibility index (Phi) is 5.28. The van der Waals surface area contributed by atoms with Crippen LogP contribution in [0.2, 0.25) is 0 Å². The van der Waals surface area contributed by atoms with Crippen LogP contribution in [0.25, 0.3) is 0 Å². The molecule has 1 N–H and O–H groups in total. The molecule has 0 radical (unpaired) electrons. The highest BCUT2D eigenvalue weighted by atomic mass is 19.1. The van der Waals surface area contributed by atoms with E-state index in [4.69, 9.17) is 0 Å². The predicted molar refractivity (Wildman–Crippen MR) is 85.5 cm³/mol. The fourth-order valence-electron chi connectivity index (χ4n) is 2.28. The zero-order chi connectivity index (χ0) is 15.2. The van der Waals surface area contributed by atoms with Gasteiger partial charge < -0.3 is 4.90 Å². The highest BCUT2D eigenvalue weighted by molar-refractivity contribution is 5.57. The van der Waals surface area contributed by atoms with Crippen LogP contribution in [0.5, 0.6) is 0 Å². The molecule has 0 bridgehead atoms. The Hall–Kier alpha value is -1.94. The topological polar surface area (TPSA) is 27.6 Å². The molecule has 2 unspecified atom stereocenters. The fraction of sp³-hybridized carbons (Fsp3) is 0.353. The number of hydrogen-bond acceptors (Lipinski definition) is 2. The van der Waals surface area contributed by atoms with Gasteiger partial charge in [-0.25, -0.2) is 9.38 Å². The minimum absolute atomic E-state index is 0.194. The lowest BCUT2D eigenvalue weighted by Crippen LogP contribution is -2.54. The van der Waals surface area contributed by atoms with Gasteiger partial charge in [0.15, 0.2) is 0 Å². The van der Waals surface area contributed by atoms with Crippen LogP contribution >= 0.6 is 0 Å². The second-order valence-corrected chi connectivity index (χ2v) is 5.18. The minimum Gasteiger partial charge on any atom is -0.350 e. The molecule has 21 heavy (non-hydrogen) atoms. The van der Waals surface area contributed by atoms with E-state index in [1.165, 1.54) is 12.1 Å². The zero-order valence-corrected chi connectivity index (χ0v) is 12.6. The maximum Gasteiger partial charge on any atom is 0.123 e. The summed E-state index contributed by atoms with van der Waals surface area (Å²) >= 11 is 0. The van der Waals surface area contributed by atoms with Gasteiger partial charge in [0.25, 0.3) is 0 Å². The highest BCUT2D eigenvalue weighted by Gasteiger charge is 2.31. The smallest absolute Gasteiger partial charge is 0.123 e. The summed E-state index contributed by atoms with van der Waals surface area (Å²) in [6, 6.07) is 6.96. The molecule has 0 aliphatic carbocycles. The van der Waals surface area contributed by atoms with Gasteiger partial charge >= 0.3 is 0 Å². The predicted octanol–water partition coefficient (Wildman–Crippen LogP) is 3.63. The first-order valence-corrected chi connectivity index (χ1v) is 7.23. The van der Waals surface area contributed by atoms with E-state index in [9.17, 15) is 4.39 Å². The van der Waals surface area contributed by atoms with Gasteiger partial charge in [-0.15, -0.1) is 0 Å². The summed E-state index contributed by atoms with van der Waals surface area (Å²) in [4.78, 5) is 6.51. The Morgan fingerprint density at radius 3 is 2.71 bits per heavy atom. The van der Waals surface area contributed by atoms with E-state index in [2.05, 4.69) is 28.7 Å². The van der Waals surface area contributed by atoms with Crippen molar-refractivity contribution in [1.29, 1.82) is 0 Å². The van der Waals surface area contributed by atoms with Gasteiger partial charge in [0.2, 0.25) is 0 Å². The van der Waals surface area contributed by atoms with Crippen molar-refractivity contribution in [2.45, 2.75) is 32.0 Å². The lowest BCUT2D eigenvalue weighted by Gasteiger charge is -2.42. The fourth-order valence-corrected chi connectivity index (χ4v) is 2.28. The summed E-state index contributed by atoms with van der Waals surface area (Å²) in [5, 5.41) is 3.46. The van der Waals surface area contributed by atoms with Crippen LogP contribution in [0, 0.1) is 5.82 Å². The van der Waals surface area contributed by atoms with Crippen molar-refractivity contribution < 1.29 is 4.39 Å². The van der Waals surface area contributed by atoms with E-state index >= 15 is 0 Å². The van der Waals surface area contributed by atoms with Crippen LogP contribution in [0.3, 0.4) is 0 Å². The molecule has 2 rings (SSSR count). The van der Waals surface area contributed by atoms with Gasteiger partial charge in [0.05, 0.1) is 12.5 Å². The number of nitrogens with zero attached hydrogens (tertiary/aromatic N) is 2. The summed E-state index contributed by atoms with van der Waals surface area (Å²) in [6.45, 7) is 5.75. The van der Waals surface area contributed by atoms with Gasteiger partial charge in [-0.1, -0.05) is 31.7 Å². The van der Waals surface area contributed by atoms with E-state index in [0.29, 0.717) is 6.04 Å². The molecule has 3 nitrogen and oxygen atoms in total. The maximum atomic E-state index is 12.9. The third-order valence-corrected chi connectivity index (χ3v) is 3.69. The van der Waals surface area contributed by atoms with Crippen LogP contribution in [0.1, 0.15) is 31.4 Å². The number of rotatable bonds is 6. The van der Waals surface area contributed by atoms with E-state index in [1.54, 1.807) is 6.08 Å². The molecule has 1 aliphatic heterocycles. The summed E-state index contributed by atoms with van der Waals surface area (Å²) in [6.07, 6.45) is 7.65. The van der Waals surface area contributed by atoms with Crippen molar-refractivity contribution in [2.75, 3.05) is 7.05 Å². The van der Waals surface area contributed by atoms with E-state index in [0.717, 1.165) is 24.1 Å². The summed E-state index contributed by atoms with van der Waals surface area (Å²) in [7, 11) is 2.00. The highest BCUT2D eigenvalue weighted by Crippen LogP contribution is 2.28. The van der Waals surface area contributed by atoms with E-state index < -0.39 is 0 Å². The molecule has 0 amide bonds. The van der Waals surface area contributed by atoms with Crippen LogP contribution in [0.4, 0.5) is 4.39 Å². The molecule has 0 spiro atoms. The quantitative estimate of drug-likeness (QED) is 0.491. The standard InChI is InChI=1S/C17H22FN3/c1-4-6-15(5-2)19-12-21(3)17-11-16(20-17)13-7-9-14(18)10-8-13/h4,6-10,12,16-17,20H,1,5,11H2,2-3H3/b15-6+,19-12?. The van der Waals surface area contributed by atoms with E-state index in [-0.39, 0.29) is 12.0 Å². The van der Waals surface area contributed by atoms with Crippen LogP contribution in [-0.4, -0.2) is 24.5 Å². The van der Waals surface area contributed by atoms with Crippen molar-refractivity contribution in [3.63, 3.8) is 0 Å². The molecule has 0 saturated carbocycles. The van der Waals surface area contributed by atoms with Gasteiger partial charge in [-0.3, -0.25) is 5.32 Å². The summed E-state index contributed by atoms with van der Waals surface area (Å²) in [5.41, 5.74) is 2.13. The van der Waals surface area contributed by atoms with Crippen molar-refractivity contribution in [1.82, 2.24) is 10.2 Å². The van der Waals surface area contributed by atoms with Crippen molar-refractivity contribution in [3.05, 3.63) is 60.1 Å². The number of halogens is 1. The third kappa shape index (κ3) is 4.02. The van der Waals surface area contributed by atoms with Crippen LogP contribution in [-0.2, 0) is 0 Å². The third-order valence-electron chi connectivity index (χ3n) is 3.69. The second kappa shape index (κ2) is 7.18. The largest absolute Gasteiger partial charge is 0.350 e. The zero-order valence-electron chi connectivity index (χ0n) is 12.6. The number of benzene rings is 1. The van der Waals surface area contributed by atoms with Crippen molar-refractivity contribution in [2.24, 2.45) is 4.99 Å². The molecule has 1 saturated heterocycles. The molecule has 2 atom stereocenters. The van der Waals surface area contributed by atoms with Gasteiger partial charge in [-0.05, 0) is 30.2 Å². The molecule has 1 heterocycles. The SMILES string of the molecule is C=C/C=C(\CC)N=CN(C)C1CC(c2ccc(F)cc2)N1. The first-order chi connectivity index (χ1) is 10.1. The average Bonchev–Trinajstić information content (AvgIpc) is 2.44. The Balaban J connectivity index is 1.86. The second-order valence-electron chi connectivity index (χ2n) is 5.18. The lowest BCUT2D eigenvalue weighted by atomic mass is 9.94. The first-order valence-electron chi connectivity index (χ1n) is 7.23. The molecule has 112 valence electrons. The van der Waals surface area contributed by atoms with Crippen molar-refractivity contribution >= 4 is 6.34 Å². The molecule has 0 aromatic heterocycles. The molecule has 1 aromatic carbocycles. The average molecular weight is 287 g/mol. The van der Waals surface area contributed by atoms with Gasteiger partial charge in [-0.2, -0.15) is 0 Å². The summed E-state index contributed by atoms with van der Waals surface area (Å²) < 4.78 is 12.9. The normalized spacial score (nSPS) is 22.1. The minimum atomic E-state index is -0.194. The molecule has 1 fully saturated rings. The number of nitrogens with one attached hydrogen (secondary N) is 1. The van der Waals surface area contributed by atoms with Crippen LogP contribution < -0.4 is 5.32 Å². The number of allylic oxidation sites excluding steroid dienone is 3. The van der Waals surface area contributed by atoms with Crippen LogP contribution in [0.15, 0.2) is 53.7 Å². The lowest BCUT2D eigenvalue weighted by molar-refractivity contribution is 0.156. The van der Waals surface area contributed by atoms with Gasteiger partial charge in [0.1, 0.15) is 5.82 Å². The van der Waals surface area contributed by atoms with Crippen molar-refractivity contribution in [3.8, 4) is 0 Å². The molecular weight excluding hydrogens is 265 g/mol. The number of aliphatic imine (C=N–C) groups is 1. The molecular formula is C17H22FN3. The monoisotopic (exact) mass is 287 g/mol. The molecule has 4 heteroatoms. The Morgan fingerprint density at radius 2 is 2.14 bits per heavy atom. The number of hydrogen-bond donors (Lipinski definition) is 1. The Morgan fingerprint density at radius 1 is 1.48 bits per heavy atom. The van der Waals surface area contributed by atoms with Gasteiger partial charge in [0, 0.05) is 25.2 Å².